The number of anilines is 1. The smallest absolute Gasteiger partial charge is 0.304 e. The van der Waals surface area contributed by atoms with Gasteiger partial charge in [-0.15, -0.1) is 0 Å². The molecule has 1 atom stereocenters. The van der Waals surface area contributed by atoms with Crippen molar-refractivity contribution in [3.63, 3.8) is 0 Å². The lowest BCUT2D eigenvalue weighted by atomic mass is 10.0. The van der Waals surface area contributed by atoms with Gasteiger partial charge in [-0.25, -0.2) is 0 Å². The van der Waals surface area contributed by atoms with Gasteiger partial charge in [0.2, 0.25) is 0 Å². The van der Waals surface area contributed by atoms with Gasteiger partial charge in [-0.1, -0.05) is 6.07 Å². The first kappa shape index (κ1) is 15.3. The van der Waals surface area contributed by atoms with Crippen molar-refractivity contribution in [2.24, 2.45) is 0 Å². The molecule has 7 nitrogen and oxygen atoms in total. The van der Waals surface area contributed by atoms with Gasteiger partial charge >= 0.3 is 5.97 Å². The van der Waals surface area contributed by atoms with Gasteiger partial charge in [0.15, 0.2) is 6.61 Å². The first-order chi connectivity index (χ1) is 10.1. The van der Waals surface area contributed by atoms with Crippen LogP contribution in [0, 0.1) is 0 Å². The maximum Gasteiger partial charge on any atom is 0.304 e. The third-order valence-corrected chi connectivity index (χ3v) is 3.13. The number of hydrogen-bond acceptors (Lipinski definition) is 5. The number of amides is 1. The third kappa shape index (κ3) is 4.44. The SMILES string of the molecule is O=C(O)CCNCCC(O)c1ccc2c(c1)NC(=O)CO2. The summed E-state index contributed by atoms with van der Waals surface area (Å²) in [6.45, 7) is 0.882. The van der Waals surface area contributed by atoms with Crippen LogP contribution < -0.4 is 15.4 Å². The summed E-state index contributed by atoms with van der Waals surface area (Å²) in [5.74, 6) is -0.483. The van der Waals surface area contributed by atoms with E-state index in [0.29, 0.717) is 36.5 Å². The molecule has 1 aromatic carbocycles. The van der Waals surface area contributed by atoms with Gasteiger partial charge in [-0.2, -0.15) is 0 Å². The highest BCUT2D eigenvalue weighted by molar-refractivity contribution is 5.95. The molecular formula is C14H18N2O5. The number of aliphatic carboxylic acids is 1. The van der Waals surface area contributed by atoms with Gasteiger partial charge in [0.05, 0.1) is 18.2 Å². The number of hydrogen-bond donors (Lipinski definition) is 4. The first-order valence-electron chi connectivity index (χ1n) is 6.73. The van der Waals surface area contributed by atoms with Crippen LogP contribution in [0.3, 0.4) is 0 Å². The van der Waals surface area contributed by atoms with E-state index in [1.165, 1.54) is 0 Å². The fourth-order valence-electron chi connectivity index (χ4n) is 2.03. The van der Waals surface area contributed by atoms with Crippen LogP contribution in [0.5, 0.6) is 5.75 Å². The van der Waals surface area contributed by atoms with Crippen LogP contribution in [-0.2, 0) is 9.59 Å². The summed E-state index contributed by atoms with van der Waals surface area (Å²) < 4.78 is 5.24. The van der Waals surface area contributed by atoms with Crippen molar-refractivity contribution in [1.29, 1.82) is 0 Å². The number of fused-ring (bicyclic) bond motifs is 1. The summed E-state index contributed by atoms with van der Waals surface area (Å²) >= 11 is 0. The van der Waals surface area contributed by atoms with E-state index in [1.807, 2.05) is 0 Å². The zero-order chi connectivity index (χ0) is 15.2. The summed E-state index contributed by atoms with van der Waals surface area (Å²) in [6, 6.07) is 5.15. The van der Waals surface area contributed by atoms with Crippen molar-refractivity contribution in [3.8, 4) is 5.75 Å². The van der Waals surface area contributed by atoms with E-state index in [0.717, 1.165) is 0 Å². The van der Waals surface area contributed by atoms with Crippen LogP contribution in [0.25, 0.3) is 0 Å². The van der Waals surface area contributed by atoms with Gasteiger partial charge in [-0.05, 0) is 30.7 Å². The standard InChI is InChI=1S/C14H18N2O5/c17-11(3-5-15-6-4-14(19)20)9-1-2-12-10(7-9)16-13(18)8-21-12/h1-2,7,11,15,17H,3-6,8H2,(H,16,18)(H,19,20). The molecule has 0 saturated heterocycles. The average molecular weight is 294 g/mol. The Labute approximate surface area is 121 Å². The molecule has 1 aliphatic heterocycles. The van der Waals surface area contributed by atoms with E-state index in [2.05, 4.69) is 10.6 Å². The highest BCUT2D eigenvalue weighted by atomic mass is 16.5. The largest absolute Gasteiger partial charge is 0.482 e. The molecule has 0 radical (unpaired) electrons. The summed E-state index contributed by atoms with van der Waals surface area (Å²) in [4.78, 5) is 21.6. The highest BCUT2D eigenvalue weighted by Crippen LogP contribution is 2.31. The quantitative estimate of drug-likeness (QED) is 0.546. The number of carbonyl (C=O) groups is 2. The highest BCUT2D eigenvalue weighted by Gasteiger charge is 2.17. The predicted molar refractivity (Wildman–Crippen MR) is 75.3 cm³/mol. The second-order valence-corrected chi connectivity index (χ2v) is 4.79. The lowest BCUT2D eigenvalue weighted by Crippen LogP contribution is -2.25. The molecule has 114 valence electrons. The van der Waals surface area contributed by atoms with E-state index in [9.17, 15) is 14.7 Å². The molecule has 2 rings (SSSR count). The average Bonchev–Trinajstić information content (AvgIpc) is 2.45. The molecule has 0 spiro atoms. The number of benzene rings is 1. The summed E-state index contributed by atoms with van der Waals surface area (Å²) in [5, 5.41) is 24.2. The number of nitrogens with one attached hydrogen (secondary N) is 2. The molecule has 0 bridgehead atoms. The number of carboxylic acids is 1. The Balaban J connectivity index is 1.85. The Morgan fingerprint density at radius 1 is 1.43 bits per heavy atom. The summed E-state index contributed by atoms with van der Waals surface area (Å²) in [5.41, 5.74) is 1.24. The topological polar surface area (TPSA) is 108 Å². The van der Waals surface area contributed by atoms with Gasteiger partial charge in [-0.3, -0.25) is 9.59 Å². The molecule has 4 N–H and O–H groups in total. The molecular weight excluding hydrogens is 276 g/mol. The number of carbonyl (C=O) groups excluding carboxylic acids is 1. The van der Waals surface area contributed by atoms with E-state index in [-0.39, 0.29) is 18.9 Å². The Morgan fingerprint density at radius 3 is 3.00 bits per heavy atom. The van der Waals surface area contributed by atoms with Crippen molar-refractivity contribution in [2.75, 3.05) is 25.0 Å². The number of carboxylic acid groups (broad SMARTS) is 1. The molecule has 0 aliphatic carbocycles. The first-order valence-corrected chi connectivity index (χ1v) is 6.73. The number of aliphatic hydroxyl groups is 1. The Bertz CT molecular complexity index is 532. The number of ether oxygens (including phenoxy) is 1. The minimum absolute atomic E-state index is 0.00238. The van der Waals surface area contributed by atoms with Gasteiger partial charge in [0, 0.05) is 6.54 Å². The second kappa shape index (κ2) is 7.05. The maximum atomic E-state index is 11.2. The van der Waals surface area contributed by atoms with Gasteiger partial charge < -0.3 is 25.6 Å². The normalized spacial score (nSPS) is 14.8. The van der Waals surface area contributed by atoms with Crippen molar-refractivity contribution < 1.29 is 24.5 Å². The number of rotatable bonds is 7. The van der Waals surface area contributed by atoms with Crippen LogP contribution in [0.4, 0.5) is 5.69 Å². The van der Waals surface area contributed by atoms with Crippen molar-refractivity contribution in [1.82, 2.24) is 5.32 Å². The van der Waals surface area contributed by atoms with Crippen LogP contribution in [0.15, 0.2) is 18.2 Å². The fraction of sp³-hybridized carbons (Fsp3) is 0.429. The lowest BCUT2D eigenvalue weighted by molar-refractivity contribution is -0.136. The van der Waals surface area contributed by atoms with E-state index in [4.69, 9.17) is 9.84 Å². The molecule has 0 saturated carbocycles. The molecule has 0 aromatic heterocycles. The van der Waals surface area contributed by atoms with Gasteiger partial charge in [0.25, 0.3) is 5.91 Å². The fourth-order valence-corrected chi connectivity index (χ4v) is 2.03. The minimum atomic E-state index is -0.853. The number of aliphatic hydroxyl groups excluding tert-OH is 1. The summed E-state index contributed by atoms with van der Waals surface area (Å²) in [6.07, 6.45) is -0.183. The Hall–Kier alpha value is -2.12. The summed E-state index contributed by atoms with van der Waals surface area (Å²) in [7, 11) is 0. The second-order valence-electron chi connectivity index (χ2n) is 4.79. The molecule has 0 fully saturated rings. The van der Waals surface area contributed by atoms with Crippen molar-refractivity contribution in [2.45, 2.75) is 18.9 Å². The lowest BCUT2D eigenvalue weighted by Gasteiger charge is -2.20. The molecule has 7 heteroatoms. The molecule has 1 unspecified atom stereocenters. The third-order valence-electron chi connectivity index (χ3n) is 3.13. The van der Waals surface area contributed by atoms with Crippen LogP contribution in [0.1, 0.15) is 24.5 Å². The van der Waals surface area contributed by atoms with Crippen LogP contribution in [-0.4, -0.2) is 41.8 Å². The van der Waals surface area contributed by atoms with E-state index >= 15 is 0 Å². The van der Waals surface area contributed by atoms with Crippen LogP contribution >= 0.6 is 0 Å². The molecule has 1 aliphatic rings. The molecule has 1 heterocycles. The maximum absolute atomic E-state index is 11.2. The molecule has 1 amide bonds. The molecule has 21 heavy (non-hydrogen) atoms. The Morgan fingerprint density at radius 2 is 2.24 bits per heavy atom. The van der Waals surface area contributed by atoms with Crippen molar-refractivity contribution >= 4 is 17.6 Å². The monoisotopic (exact) mass is 294 g/mol. The van der Waals surface area contributed by atoms with E-state index < -0.39 is 12.1 Å². The minimum Gasteiger partial charge on any atom is -0.482 e. The van der Waals surface area contributed by atoms with E-state index in [1.54, 1.807) is 18.2 Å². The van der Waals surface area contributed by atoms with Crippen molar-refractivity contribution in [3.05, 3.63) is 23.8 Å². The van der Waals surface area contributed by atoms with Gasteiger partial charge in [0.1, 0.15) is 5.75 Å². The predicted octanol–water partition coefficient (Wildman–Crippen LogP) is 0.505. The molecule has 1 aromatic rings. The zero-order valence-corrected chi connectivity index (χ0v) is 11.5. The Kier molecular flexibility index (Phi) is 5.13. The van der Waals surface area contributed by atoms with Crippen LogP contribution in [0.2, 0.25) is 0 Å². The zero-order valence-electron chi connectivity index (χ0n) is 11.5.